The molecule has 4 nitrogen and oxygen atoms in total. The van der Waals surface area contributed by atoms with Crippen LogP contribution in [0.5, 0.6) is 0 Å². The van der Waals surface area contributed by atoms with Crippen molar-refractivity contribution in [2.24, 2.45) is 0 Å². The molecule has 1 N–H and O–H groups in total. The lowest BCUT2D eigenvalue weighted by Crippen LogP contribution is -2.27. The van der Waals surface area contributed by atoms with E-state index in [9.17, 15) is 4.79 Å². The van der Waals surface area contributed by atoms with Crippen molar-refractivity contribution in [3.63, 3.8) is 0 Å². The molecule has 18 heavy (non-hydrogen) atoms. The number of fused-ring (bicyclic) bond motifs is 2. The summed E-state index contributed by atoms with van der Waals surface area (Å²) in [6, 6.07) is 7.70. The Morgan fingerprint density at radius 3 is 3.06 bits per heavy atom. The number of hydrogen-bond donors (Lipinski definition) is 1. The maximum Gasteiger partial charge on any atom is 0.338 e. The van der Waals surface area contributed by atoms with Crippen LogP contribution in [0.15, 0.2) is 24.3 Å². The average molecular weight is 242 g/mol. The summed E-state index contributed by atoms with van der Waals surface area (Å²) in [7, 11) is 1.42. The third-order valence-electron chi connectivity index (χ3n) is 3.31. The fourth-order valence-corrected chi connectivity index (χ4v) is 2.45. The average Bonchev–Trinajstić information content (AvgIpc) is 2.44. The van der Waals surface area contributed by atoms with Crippen LogP contribution >= 0.6 is 0 Å². The second-order valence-corrected chi connectivity index (χ2v) is 4.35. The Hall–Kier alpha value is -1.94. The first kappa shape index (κ1) is 11.2. The number of para-hydroxylation sites is 1. The van der Waals surface area contributed by atoms with Gasteiger partial charge >= 0.3 is 5.97 Å². The van der Waals surface area contributed by atoms with Gasteiger partial charge in [0.15, 0.2) is 0 Å². The second kappa shape index (κ2) is 4.38. The number of ether oxygens (including phenoxy) is 1. The molecular formula is C14H14N2O2. The molecule has 2 aromatic rings. The molecule has 0 aliphatic carbocycles. The van der Waals surface area contributed by atoms with Crippen LogP contribution in [-0.4, -0.2) is 24.6 Å². The van der Waals surface area contributed by atoms with E-state index in [1.807, 2.05) is 24.3 Å². The van der Waals surface area contributed by atoms with Crippen molar-refractivity contribution in [2.75, 3.05) is 13.7 Å². The summed E-state index contributed by atoms with van der Waals surface area (Å²) in [6.45, 7) is 1.58. The van der Waals surface area contributed by atoms with E-state index < -0.39 is 0 Å². The van der Waals surface area contributed by atoms with Crippen LogP contribution in [0.25, 0.3) is 10.9 Å². The Balaban J connectivity index is 2.36. The molecule has 1 aromatic carbocycles. The molecular weight excluding hydrogens is 228 g/mol. The lowest BCUT2D eigenvalue weighted by atomic mass is 9.97. The van der Waals surface area contributed by atoms with Crippen molar-refractivity contribution in [1.82, 2.24) is 10.3 Å². The Labute approximate surface area is 105 Å². The van der Waals surface area contributed by atoms with E-state index in [2.05, 4.69) is 10.3 Å². The number of methoxy groups -OCH3 is 1. The van der Waals surface area contributed by atoms with Gasteiger partial charge in [0.1, 0.15) is 0 Å². The summed E-state index contributed by atoms with van der Waals surface area (Å²) < 4.78 is 4.92. The second-order valence-electron chi connectivity index (χ2n) is 4.35. The van der Waals surface area contributed by atoms with Crippen molar-refractivity contribution in [3.05, 3.63) is 41.1 Å². The first-order chi connectivity index (χ1) is 8.81. The molecule has 0 saturated heterocycles. The van der Waals surface area contributed by atoms with Gasteiger partial charge in [-0.25, -0.2) is 4.79 Å². The highest BCUT2D eigenvalue weighted by molar-refractivity contribution is 6.05. The van der Waals surface area contributed by atoms with Crippen molar-refractivity contribution in [3.8, 4) is 0 Å². The van der Waals surface area contributed by atoms with Gasteiger partial charge in [-0.3, -0.25) is 4.98 Å². The lowest BCUT2D eigenvalue weighted by Gasteiger charge is -2.20. The van der Waals surface area contributed by atoms with Crippen LogP contribution in [0.2, 0.25) is 0 Å². The van der Waals surface area contributed by atoms with Crippen molar-refractivity contribution in [2.45, 2.75) is 13.0 Å². The van der Waals surface area contributed by atoms with Crippen LogP contribution in [0.3, 0.4) is 0 Å². The normalized spacial score (nSPS) is 14.3. The number of rotatable bonds is 1. The highest BCUT2D eigenvalue weighted by atomic mass is 16.5. The van der Waals surface area contributed by atoms with Gasteiger partial charge in [0.25, 0.3) is 0 Å². The zero-order valence-corrected chi connectivity index (χ0v) is 10.2. The standard InChI is InChI=1S/C14H14N2O2/c1-18-14(17)13-9-4-2-3-5-11(9)16-12-6-7-15-8-10(12)13/h2-5,15H,6-8H2,1H3. The van der Waals surface area contributed by atoms with Crippen LogP contribution in [0, 0.1) is 0 Å². The predicted octanol–water partition coefficient (Wildman–Crippen LogP) is 1.67. The minimum atomic E-state index is -0.284. The Kier molecular flexibility index (Phi) is 2.72. The van der Waals surface area contributed by atoms with Crippen LogP contribution in [0.1, 0.15) is 21.6 Å². The predicted molar refractivity (Wildman–Crippen MR) is 68.5 cm³/mol. The van der Waals surface area contributed by atoms with E-state index in [1.165, 1.54) is 7.11 Å². The summed E-state index contributed by atoms with van der Waals surface area (Å²) >= 11 is 0. The zero-order valence-electron chi connectivity index (χ0n) is 10.2. The summed E-state index contributed by atoms with van der Waals surface area (Å²) in [4.78, 5) is 16.7. The number of benzene rings is 1. The largest absolute Gasteiger partial charge is 0.465 e. The summed E-state index contributed by atoms with van der Waals surface area (Å²) in [5.74, 6) is -0.284. The van der Waals surface area contributed by atoms with E-state index in [1.54, 1.807) is 0 Å². The molecule has 0 unspecified atom stereocenters. The number of carbonyl (C=O) groups is 1. The fraction of sp³-hybridized carbons (Fsp3) is 0.286. The Bertz CT molecular complexity index is 622. The topological polar surface area (TPSA) is 51.2 Å². The van der Waals surface area contributed by atoms with Gasteiger partial charge in [-0.1, -0.05) is 18.2 Å². The maximum atomic E-state index is 12.0. The third-order valence-corrected chi connectivity index (χ3v) is 3.31. The number of pyridine rings is 1. The van der Waals surface area contributed by atoms with Gasteiger partial charge in [-0.15, -0.1) is 0 Å². The molecule has 4 heteroatoms. The van der Waals surface area contributed by atoms with E-state index in [4.69, 9.17) is 4.74 Å². The van der Waals surface area contributed by atoms with Crippen LogP contribution in [0.4, 0.5) is 0 Å². The van der Waals surface area contributed by atoms with Gasteiger partial charge in [0, 0.05) is 36.2 Å². The van der Waals surface area contributed by atoms with Crippen molar-refractivity contribution >= 4 is 16.9 Å². The SMILES string of the molecule is COC(=O)c1c2c(nc3ccccc13)CCNC2. The summed E-state index contributed by atoms with van der Waals surface area (Å²) in [5, 5.41) is 4.14. The molecule has 0 saturated carbocycles. The third kappa shape index (κ3) is 1.66. The number of esters is 1. The van der Waals surface area contributed by atoms with Crippen LogP contribution in [-0.2, 0) is 17.7 Å². The first-order valence-electron chi connectivity index (χ1n) is 6.01. The first-order valence-corrected chi connectivity index (χ1v) is 6.01. The highest BCUT2D eigenvalue weighted by Gasteiger charge is 2.22. The monoisotopic (exact) mass is 242 g/mol. The zero-order chi connectivity index (χ0) is 12.5. The number of aromatic nitrogens is 1. The molecule has 1 aromatic heterocycles. The van der Waals surface area contributed by atoms with Crippen molar-refractivity contribution < 1.29 is 9.53 Å². The molecule has 0 radical (unpaired) electrons. The highest BCUT2D eigenvalue weighted by Crippen LogP contribution is 2.26. The minimum Gasteiger partial charge on any atom is -0.465 e. The number of hydrogen-bond acceptors (Lipinski definition) is 4. The molecule has 92 valence electrons. The van der Waals surface area contributed by atoms with Gasteiger partial charge in [-0.05, 0) is 6.07 Å². The van der Waals surface area contributed by atoms with E-state index in [0.29, 0.717) is 12.1 Å². The van der Waals surface area contributed by atoms with Gasteiger partial charge in [0.2, 0.25) is 0 Å². The van der Waals surface area contributed by atoms with Crippen molar-refractivity contribution in [1.29, 1.82) is 0 Å². The molecule has 3 rings (SSSR count). The summed E-state index contributed by atoms with van der Waals surface area (Å²) in [5.41, 5.74) is 3.50. The van der Waals surface area contributed by atoms with E-state index >= 15 is 0 Å². The number of nitrogens with one attached hydrogen (secondary N) is 1. The van der Waals surface area contributed by atoms with Crippen LogP contribution < -0.4 is 5.32 Å². The minimum absolute atomic E-state index is 0.284. The van der Waals surface area contributed by atoms with Gasteiger partial charge in [0.05, 0.1) is 18.2 Å². The molecule has 0 fully saturated rings. The molecule has 0 atom stereocenters. The lowest BCUT2D eigenvalue weighted by molar-refractivity contribution is 0.0601. The van der Waals surface area contributed by atoms with Gasteiger partial charge < -0.3 is 10.1 Å². The number of carbonyl (C=O) groups excluding carboxylic acids is 1. The quantitative estimate of drug-likeness (QED) is 0.773. The van der Waals surface area contributed by atoms with Gasteiger partial charge in [-0.2, -0.15) is 0 Å². The smallest absolute Gasteiger partial charge is 0.338 e. The Morgan fingerprint density at radius 1 is 1.39 bits per heavy atom. The number of nitrogens with zero attached hydrogens (tertiary/aromatic N) is 1. The fourth-order valence-electron chi connectivity index (χ4n) is 2.45. The summed E-state index contributed by atoms with van der Waals surface area (Å²) in [6.07, 6.45) is 0.851. The molecule has 0 bridgehead atoms. The molecule has 0 spiro atoms. The van der Waals surface area contributed by atoms with E-state index in [-0.39, 0.29) is 5.97 Å². The molecule has 0 amide bonds. The molecule has 2 heterocycles. The van der Waals surface area contributed by atoms with E-state index in [0.717, 1.165) is 35.1 Å². The Morgan fingerprint density at radius 2 is 2.22 bits per heavy atom. The molecule has 1 aliphatic heterocycles. The maximum absolute atomic E-state index is 12.0. The molecule has 1 aliphatic rings.